The summed E-state index contributed by atoms with van der Waals surface area (Å²) in [5, 5.41) is 6.96. The van der Waals surface area contributed by atoms with E-state index in [2.05, 4.69) is 20.4 Å². The van der Waals surface area contributed by atoms with E-state index >= 15 is 0 Å². The molecule has 14 heavy (non-hydrogen) atoms. The molecule has 74 valence electrons. The van der Waals surface area contributed by atoms with E-state index in [9.17, 15) is 0 Å². The van der Waals surface area contributed by atoms with Crippen molar-refractivity contribution in [3.8, 4) is 0 Å². The van der Waals surface area contributed by atoms with Crippen LogP contribution in [-0.4, -0.2) is 15.1 Å². The minimum Gasteiger partial charge on any atom is -0.361 e. The van der Waals surface area contributed by atoms with Crippen LogP contribution < -0.4 is 5.32 Å². The van der Waals surface area contributed by atoms with Gasteiger partial charge in [0, 0.05) is 18.0 Å². The molecule has 2 aromatic rings. The van der Waals surface area contributed by atoms with Crippen molar-refractivity contribution >= 4 is 5.95 Å². The molecule has 0 saturated carbocycles. The van der Waals surface area contributed by atoms with E-state index in [0.717, 1.165) is 23.1 Å². The number of rotatable bonds is 3. The van der Waals surface area contributed by atoms with Crippen molar-refractivity contribution in [3.05, 3.63) is 29.4 Å². The monoisotopic (exact) mass is 192 g/mol. The first-order chi connectivity index (χ1) is 6.74. The highest BCUT2D eigenvalue weighted by molar-refractivity contribution is 5.26. The predicted octanol–water partition coefficient (Wildman–Crippen LogP) is 1.63. The Morgan fingerprint density at radius 3 is 2.93 bits per heavy atom. The third-order valence-electron chi connectivity index (χ3n) is 1.82. The maximum Gasteiger partial charge on any atom is 0.200 e. The van der Waals surface area contributed by atoms with Gasteiger partial charge in [0.1, 0.15) is 11.5 Å². The first-order valence-electron chi connectivity index (χ1n) is 4.42. The van der Waals surface area contributed by atoms with Crippen LogP contribution in [0.4, 0.5) is 5.95 Å². The average molecular weight is 192 g/mol. The Hall–Kier alpha value is -1.78. The van der Waals surface area contributed by atoms with Crippen molar-refractivity contribution in [2.24, 2.45) is 0 Å². The summed E-state index contributed by atoms with van der Waals surface area (Å²) in [6.45, 7) is 4.44. The Bertz CT molecular complexity index is 378. The van der Waals surface area contributed by atoms with Crippen molar-refractivity contribution in [2.75, 3.05) is 5.32 Å². The maximum atomic E-state index is 4.94. The second-order valence-corrected chi connectivity index (χ2v) is 3.20. The molecule has 0 aliphatic carbocycles. The zero-order chi connectivity index (χ0) is 9.97. The number of nitrogens with zero attached hydrogens (tertiary/aromatic N) is 2. The maximum absolute atomic E-state index is 4.94. The van der Waals surface area contributed by atoms with E-state index in [1.807, 2.05) is 19.9 Å². The molecular formula is C9H12N4O. The van der Waals surface area contributed by atoms with E-state index in [-0.39, 0.29) is 0 Å². The molecule has 0 aromatic carbocycles. The van der Waals surface area contributed by atoms with Gasteiger partial charge in [-0.15, -0.1) is 0 Å². The van der Waals surface area contributed by atoms with Crippen LogP contribution in [0.2, 0.25) is 0 Å². The highest BCUT2D eigenvalue weighted by atomic mass is 16.5. The van der Waals surface area contributed by atoms with Gasteiger partial charge in [-0.1, -0.05) is 5.16 Å². The number of anilines is 1. The van der Waals surface area contributed by atoms with Gasteiger partial charge in [-0.2, -0.15) is 0 Å². The lowest BCUT2D eigenvalue weighted by Crippen LogP contribution is -2.00. The van der Waals surface area contributed by atoms with Gasteiger partial charge in [-0.3, -0.25) is 0 Å². The molecule has 0 aliphatic heterocycles. The van der Waals surface area contributed by atoms with Crippen molar-refractivity contribution in [3.63, 3.8) is 0 Å². The SMILES string of the molecule is Cc1cnc(NCc2cc(C)on2)[nH]1. The smallest absolute Gasteiger partial charge is 0.200 e. The minimum absolute atomic E-state index is 0.615. The topological polar surface area (TPSA) is 66.7 Å². The van der Waals surface area contributed by atoms with E-state index < -0.39 is 0 Å². The van der Waals surface area contributed by atoms with E-state index in [0.29, 0.717) is 6.54 Å². The normalized spacial score (nSPS) is 10.4. The van der Waals surface area contributed by atoms with Crippen molar-refractivity contribution in [2.45, 2.75) is 20.4 Å². The number of hydrogen-bond acceptors (Lipinski definition) is 4. The van der Waals surface area contributed by atoms with E-state index in [4.69, 9.17) is 4.52 Å². The zero-order valence-electron chi connectivity index (χ0n) is 8.16. The van der Waals surface area contributed by atoms with Gasteiger partial charge in [0.2, 0.25) is 5.95 Å². The molecule has 0 unspecified atom stereocenters. The van der Waals surface area contributed by atoms with Crippen LogP contribution >= 0.6 is 0 Å². The molecule has 2 aromatic heterocycles. The Balaban J connectivity index is 1.94. The van der Waals surface area contributed by atoms with Crippen LogP contribution in [0.3, 0.4) is 0 Å². The van der Waals surface area contributed by atoms with Crippen molar-refractivity contribution in [1.29, 1.82) is 0 Å². The summed E-state index contributed by atoms with van der Waals surface area (Å²) in [7, 11) is 0. The highest BCUT2D eigenvalue weighted by Crippen LogP contribution is 2.05. The van der Waals surface area contributed by atoms with Crippen molar-refractivity contribution in [1.82, 2.24) is 15.1 Å². The van der Waals surface area contributed by atoms with Gasteiger partial charge in [-0.05, 0) is 13.8 Å². The van der Waals surface area contributed by atoms with Crippen LogP contribution in [0.1, 0.15) is 17.1 Å². The number of aromatic nitrogens is 3. The van der Waals surface area contributed by atoms with Crippen LogP contribution in [0.15, 0.2) is 16.8 Å². The third-order valence-corrected chi connectivity index (χ3v) is 1.82. The molecule has 0 spiro atoms. The van der Waals surface area contributed by atoms with Gasteiger partial charge in [0.15, 0.2) is 0 Å². The first-order valence-corrected chi connectivity index (χ1v) is 4.42. The molecule has 0 fully saturated rings. The van der Waals surface area contributed by atoms with Gasteiger partial charge in [0.25, 0.3) is 0 Å². The fourth-order valence-electron chi connectivity index (χ4n) is 1.18. The molecular weight excluding hydrogens is 180 g/mol. The highest BCUT2D eigenvalue weighted by Gasteiger charge is 2.01. The molecule has 0 aliphatic rings. The molecule has 0 atom stereocenters. The zero-order valence-corrected chi connectivity index (χ0v) is 8.16. The molecule has 0 amide bonds. The molecule has 2 rings (SSSR count). The predicted molar refractivity (Wildman–Crippen MR) is 51.9 cm³/mol. The van der Waals surface area contributed by atoms with Crippen LogP contribution in [0, 0.1) is 13.8 Å². The number of aromatic amines is 1. The van der Waals surface area contributed by atoms with Gasteiger partial charge >= 0.3 is 0 Å². The summed E-state index contributed by atoms with van der Waals surface area (Å²) < 4.78 is 4.94. The summed E-state index contributed by atoms with van der Waals surface area (Å²) in [6.07, 6.45) is 1.77. The van der Waals surface area contributed by atoms with Gasteiger partial charge < -0.3 is 14.8 Å². The number of nitrogens with one attached hydrogen (secondary N) is 2. The number of H-pyrrole nitrogens is 1. The molecule has 0 radical (unpaired) electrons. The molecule has 0 saturated heterocycles. The largest absolute Gasteiger partial charge is 0.361 e. The number of imidazole rings is 1. The summed E-state index contributed by atoms with van der Waals surface area (Å²) >= 11 is 0. The lowest BCUT2D eigenvalue weighted by atomic mass is 10.4. The molecule has 0 bridgehead atoms. The fraction of sp³-hybridized carbons (Fsp3) is 0.333. The Kier molecular flexibility index (Phi) is 2.22. The van der Waals surface area contributed by atoms with Gasteiger partial charge in [0.05, 0.1) is 6.54 Å². The number of aryl methyl sites for hydroxylation is 2. The average Bonchev–Trinajstić information content (AvgIpc) is 2.72. The summed E-state index contributed by atoms with van der Waals surface area (Å²) in [4.78, 5) is 7.19. The van der Waals surface area contributed by atoms with E-state index in [1.165, 1.54) is 0 Å². The Morgan fingerprint density at radius 1 is 1.50 bits per heavy atom. The minimum atomic E-state index is 0.615. The molecule has 2 N–H and O–H groups in total. The van der Waals surface area contributed by atoms with Crippen LogP contribution in [-0.2, 0) is 6.54 Å². The van der Waals surface area contributed by atoms with Crippen molar-refractivity contribution < 1.29 is 4.52 Å². The standard InChI is InChI=1S/C9H12N4O/c1-6-4-10-9(12-6)11-5-8-3-7(2)14-13-8/h3-4H,5H2,1-2H3,(H2,10,11,12). The van der Waals surface area contributed by atoms with Crippen LogP contribution in [0.5, 0.6) is 0 Å². The molecule has 2 heterocycles. The quantitative estimate of drug-likeness (QED) is 0.775. The molecule has 5 nitrogen and oxygen atoms in total. The summed E-state index contributed by atoms with van der Waals surface area (Å²) in [6, 6.07) is 1.89. The van der Waals surface area contributed by atoms with E-state index in [1.54, 1.807) is 6.20 Å². The Morgan fingerprint density at radius 2 is 2.36 bits per heavy atom. The first kappa shape index (κ1) is 8.80. The molecule has 5 heteroatoms. The lowest BCUT2D eigenvalue weighted by molar-refractivity contribution is 0.391. The fourth-order valence-corrected chi connectivity index (χ4v) is 1.18. The van der Waals surface area contributed by atoms with Crippen LogP contribution in [0.25, 0.3) is 0 Å². The number of hydrogen-bond donors (Lipinski definition) is 2. The second-order valence-electron chi connectivity index (χ2n) is 3.20. The summed E-state index contributed by atoms with van der Waals surface area (Å²) in [5.74, 6) is 1.57. The third kappa shape index (κ3) is 1.93. The lowest BCUT2D eigenvalue weighted by Gasteiger charge is -1.97. The summed E-state index contributed by atoms with van der Waals surface area (Å²) in [5.41, 5.74) is 1.90. The second kappa shape index (κ2) is 3.53. The van der Waals surface area contributed by atoms with Gasteiger partial charge in [-0.25, -0.2) is 4.98 Å². The Labute approximate surface area is 81.5 Å².